The standard InChI is InChI=1S/C28H42O6/c1-13(2)14(3)23-24(34-23)15(4)20-19(30)12-28(33)18-8-7-16-11-17(29)9-10-26(16,5)21(18)22(31)25(32)27(20,28)6/h7-8,13-15,17,19-21,23-25,29-30,32-33H,9-12H2,1-6H3/t14-,15+,17+,19+,20+,21-,23?,24?,25-,26+,27+,28+/m1/s1. The van der Waals surface area contributed by atoms with E-state index in [-0.39, 0.29) is 30.3 Å². The molecule has 0 aromatic rings. The van der Waals surface area contributed by atoms with Gasteiger partial charge in [-0.05, 0) is 42.6 Å². The molecule has 1 heterocycles. The number of allylic oxidation sites excluding steroid dienone is 2. The normalized spacial score (nSPS) is 51.7. The number of fused-ring (bicyclic) bond motifs is 5. The molecular weight excluding hydrogens is 432 g/mol. The highest BCUT2D eigenvalue weighted by atomic mass is 16.6. The lowest BCUT2D eigenvalue weighted by Gasteiger charge is -2.58. The lowest BCUT2D eigenvalue weighted by molar-refractivity contribution is -0.177. The Hall–Kier alpha value is -1.05. The van der Waals surface area contributed by atoms with Crippen LogP contribution in [-0.4, -0.2) is 62.3 Å². The lowest BCUT2D eigenvalue weighted by Crippen LogP contribution is -2.66. The fourth-order valence-electron chi connectivity index (χ4n) is 8.36. The Morgan fingerprint density at radius 3 is 2.38 bits per heavy atom. The van der Waals surface area contributed by atoms with Gasteiger partial charge in [0.1, 0.15) is 6.10 Å². The van der Waals surface area contributed by atoms with Crippen molar-refractivity contribution in [2.75, 3.05) is 0 Å². The van der Waals surface area contributed by atoms with Crippen LogP contribution >= 0.6 is 0 Å². The molecule has 0 amide bonds. The van der Waals surface area contributed by atoms with Crippen LogP contribution in [0.15, 0.2) is 23.3 Å². The van der Waals surface area contributed by atoms with Crippen molar-refractivity contribution in [3.63, 3.8) is 0 Å². The fourth-order valence-corrected chi connectivity index (χ4v) is 8.36. The van der Waals surface area contributed by atoms with Crippen molar-refractivity contribution < 1.29 is 30.0 Å². The topological polar surface area (TPSA) is 111 Å². The molecular formula is C28H42O6. The van der Waals surface area contributed by atoms with E-state index in [0.29, 0.717) is 36.7 Å². The molecule has 12 atom stereocenters. The van der Waals surface area contributed by atoms with Gasteiger partial charge in [0.05, 0.1) is 35.9 Å². The number of carbonyl (C=O) groups is 1. The summed E-state index contributed by atoms with van der Waals surface area (Å²) in [6.45, 7) is 12.4. The zero-order chi connectivity index (χ0) is 25.0. The van der Waals surface area contributed by atoms with Gasteiger partial charge in [0.15, 0.2) is 5.78 Å². The van der Waals surface area contributed by atoms with E-state index in [1.165, 1.54) is 0 Å². The Morgan fingerprint density at radius 1 is 1.06 bits per heavy atom. The number of rotatable bonds is 4. The molecule has 0 radical (unpaired) electrons. The summed E-state index contributed by atoms with van der Waals surface area (Å²) >= 11 is 0. The molecule has 34 heavy (non-hydrogen) atoms. The summed E-state index contributed by atoms with van der Waals surface area (Å²) < 4.78 is 6.08. The van der Waals surface area contributed by atoms with Crippen molar-refractivity contribution >= 4 is 5.78 Å². The number of ether oxygens (including phenoxy) is 1. The van der Waals surface area contributed by atoms with Crippen LogP contribution in [0.5, 0.6) is 0 Å². The second kappa shape index (κ2) is 7.72. The summed E-state index contributed by atoms with van der Waals surface area (Å²) in [6.07, 6.45) is 3.01. The zero-order valence-corrected chi connectivity index (χ0v) is 21.4. The Labute approximate surface area is 203 Å². The van der Waals surface area contributed by atoms with Gasteiger partial charge < -0.3 is 25.2 Å². The van der Waals surface area contributed by atoms with Gasteiger partial charge in [-0.2, -0.15) is 0 Å². The number of epoxide rings is 1. The second-order valence-electron chi connectivity index (χ2n) is 12.8. The maximum Gasteiger partial charge on any atom is 0.170 e. The van der Waals surface area contributed by atoms with Crippen molar-refractivity contribution in [1.82, 2.24) is 0 Å². The molecule has 4 aliphatic carbocycles. The highest BCUT2D eigenvalue weighted by Crippen LogP contribution is 2.67. The minimum Gasteiger partial charge on any atom is -0.393 e. The number of Topliss-reactive ketones (excluding diaryl/α,β-unsaturated/α-hetero) is 1. The predicted molar refractivity (Wildman–Crippen MR) is 128 cm³/mol. The largest absolute Gasteiger partial charge is 0.393 e. The highest BCUT2D eigenvalue weighted by molar-refractivity contribution is 5.93. The highest BCUT2D eigenvalue weighted by Gasteiger charge is 2.74. The SMILES string of the molecule is CC(C)[C@@H](C)C1OC1[C@@H](C)[C@H]1[C@@H](O)C[C@]2(O)C3=CC=C4C[C@@H](O)CC[C@]4(C)[C@H]3C(=O)[C@@H](O)[C@]12C. The molecule has 5 rings (SSSR count). The summed E-state index contributed by atoms with van der Waals surface area (Å²) in [5.41, 5.74) is -1.60. The van der Waals surface area contributed by atoms with Crippen LogP contribution in [0.3, 0.4) is 0 Å². The third kappa shape index (κ3) is 3.02. The summed E-state index contributed by atoms with van der Waals surface area (Å²) in [4.78, 5) is 13.9. The van der Waals surface area contributed by atoms with E-state index in [1.54, 1.807) is 6.92 Å². The number of hydrogen-bond acceptors (Lipinski definition) is 6. The molecule has 6 heteroatoms. The summed E-state index contributed by atoms with van der Waals surface area (Å²) in [5, 5.41) is 45.5. The Balaban J connectivity index is 1.54. The van der Waals surface area contributed by atoms with Gasteiger partial charge in [0.25, 0.3) is 0 Å². The van der Waals surface area contributed by atoms with Crippen LogP contribution < -0.4 is 0 Å². The molecule has 1 aliphatic heterocycles. The van der Waals surface area contributed by atoms with Crippen molar-refractivity contribution in [3.8, 4) is 0 Å². The molecule has 0 aromatic heterocycles. The first-order valence-electron chi connectivity index (χ1n) is 13.2. The molecule has 4 fully saturated rings. The molecule has 1 saturated heterocycles. The molecule has 190 valence electrons. The van der Waals surface area contributed by atoms with Crippen LogP contribution in [0.1, 0.15) is 67.2 Å². The summed E-state index contributed by atoms with van der Waals surface area (Å²) in [7, 11) is 0. The van der Waals surface area contributed by atoms with Gasteiger partial charge in [-0.15, -0.1) is 0 Å². The molecule has 5 aliphatic rings. The van der Waals surface area contributed by atoms with E-state index in [2.05, 4.69) is 20.8 Å². The molecule has 0 aromatic carbocycles. The lowest BCUT2D eigenvalue weighted by atomic mass is 9.47. The van der Waals surface area contributed by atoms with E-state index < -0.39 is 46.6 Å². The quantitative estimate of drug-likeness (QED) is 0.467. The molecule has 0 bridgehead atoms. The van der Waals surface area contributed by atoms with Crippen LogP contribution in [0, 0.1) is 40.4 Å². The van der Waals surface area contributed by atoms with Crippen LogP contribution in [-0.2, 0) is 9.53 Å². The zero-order valence-electron chi connectivity index (χ0n) is 21.4. The number of carbonyl (C=O) groups excluding carboxylic acids is 1. The average Bonchev–Trinajstić information content (AvgIpc) is 3.53. The van der Waals surface area contributed by atoms with Gasteiger partial charge in [-0.3, -0.25) is 4.79 Å². The van der Waals surface area contributed by atoms with Crippen molar-refractivity contribution in [2.24, 2.45) is 40.4 Å². The van der Waals surface area contributed by atoms with Gasteiger partial charge in [-0.1, -0.05) is 59.3 Å². The van der Waals surface area contributed by atoms with Gasteiger partial charge >= 0.3 is 0 Å². The predicted octanol–water partition coefficient (Wildman–Crippen LogP) is 2.78. The minimum absolute atomic E-state index is 0.0552. The smallest absolute Gasteiger partial charge is 0.170 e. The minimum atomic E-state index is -1.49. The van der Waals surface area contributed by atoms with Crippen molar-refractivity contribution in [1.29, 1.82) is 0 Å². The summed E-state index contributed by atoms with van der Waals surface area (Å²) in [5.74, 6) is -0.660. The average molecular weight is 475 g/mol. The van der Waals surface area contributed by atoms with Crippen LogP contribution in [0.4, 0.5) is 0 Å². The van der Waals surface area contributed by atoms with Crippen LogP contribution in [0.2, 0.25) is 0 Å². The van der Waals surface area contributed by atoms with E-state index >= 15 is 0 Å². The van der Waals surface area contributed by atoms with Gasteiger partial charge in [0, 0.05) is 23.2 Å². The Kier molecular flexibility index (Phi) is 5.60. The molecule has 2 unspecified atom stereocenters. The first kappa shape index (κ1) is 24.6. The molecule has 0 spiro atoms. The fraction of sp³-hybridized carbons (Fsp3) is 0.821. The second-order valence-corrected chi connectivity index (χ2v) is 12.8. The monoisotopic (exact) mass is 474 g/mol. The van der Waals surface area contributed by atoms with Gasteiger partial charge in [-0.25, -0.2) is 0 Å². The van der Waals surface area contributed by atoms with E-state index in [4.69, 9.17) is 4.74 Å². The van der Waals surface area contributed by atoms with Gasteiger partial charge in [0.2, 0.25) is 0 Å². The maximum atomic E-state index is 13.9. The third-order valence-corrected chi connectivity index (χ3v) is 10.9. The van der Waals surface area contributed by atoms with Crippen molar-refractivity contribution in [2.45, 2.75) is 103 Å². The Bertz CT molecular complexity index is 939. The first-order valence-corrected chi connectivity index (χ1v) is 13.2. The first-order chi connectivity index (χ1) is 15.8. The van der Waals surface area contributed by atoms with Crippen LogP contribution in [0.25, 0.3) is 0 Å². The number of aliphatic hydroxyl groups excluding tert-OH is 3. The van der Waals surface area contributed by atoms with E-state index in [1.807, 2.05) is 26.0 Å². The number of ketones is 1. The third-order valence-electron chi connectivity index (χ3n) is 10.9. The number of hydrogen-bond donors (Lipinski definition) is 4. The van der Waals surface area contributed by atoms with Crippen molar-refractivity contribution in [3.05, 3.63) is 23.3 Å². The Morgan fingerprint density at radius 2 is 1.74 bits per heavy atom. The molecule has 6 nitrogen and oxygen atoms in total. The van der Waals surface area contributed by atoms with E-state index in [0.717, 1.165) is 5.57 Å². The number of aliphatic hydroxyl groups is 4. The summed E-state index contributed by atoms with van der Waals surface area (Å²) in [6, 6.07) is 0. The molecule has 3 saturated carbocycles. The van der Waals surface area contributed by atoms with E-state index in [9.17, 15) is 25.2 Å². The molecule has 4 N–H and O–H groups in total. The maximum absolute atomic E-state index is 13.9.